The van der Waals surface area contributed by atoms with Gasteiger partial charge in [0.15, 0.2) is 0 Å². The molecule has 152 valence electrons. The molecule has 0 nitrogen and oxygen atoms in total. The third kappa shape index (κ3) is 5.44. The fourth-order valence-electron chi connectivity index (χ4n) is 7.57. The van der Waals surface area contributed by atoms with Gasteiger partial charge in [-0.3, -0.25) is 0 Å². The summed E-state index contributed by atoms with van der Waals surface area (Å²) < 4.78 is 5.72. The van der Waals surface area contributed by atoms with E-state index in [2.05, 4.69) is 6.92 Å². The van der Waals surface area contributed by atoms with E-state index in [1.807, 2.05) is 4.44 Å². The zero-order valence-electron chi connectivity index (χ0n) is 18.1. The van der Waals surface area contributed by atoms with Gasteiger partial charge in [-0.1, -0.05) is 0 Å². The Bertz CT molecular complexity index is 313. The van der Waals surface area contributed by atoms with Gasteiger partial charge in [0.05, 0.1) is 0 Å². The van der Waals surface area contributed by atoms with Crippen molar-refractivity contribution in [3.63, 3.8) is 0 Å². The summed E-state index contributed by atoms with van der Waals surface area (Å²) in [5.41, 5.74) is 0. The normalized spacial score (nSPS) is 24.8. The number of unbranched alkanes of at least 4 members (excludes halogenated alkanes) is 4. The molecule has 26 heavy (non-hydrogen) atoms. The zero-order valence-corrected chi connectivity index (χ0v) is 20.9. The Morgan fingerprint density at radius 1 is 0.500 bits per heavy atom. The molecule has 0 atom stereocenters. The Morgan fingerprint density at radius 3 is 1.27 bits per heavy atom. The van der Waals surface area contributed by atoms with E-state index in [1.54, 1.807) is 109 Å². The zero-order chi connectivity index (χ0) is 18.1. The van der Waals surface area contributed by atoms with Gasteiger partial charge in [-0.05, 0) is 0 Å². The van der Waals surface area contributed by atoms with Crippen molar-refractivity contribution in [2.75, 3.05) is 0 Å². The van der Waals surface area contributed by atoms with E-state index >= 15 is 0 Å². The third-order valence-electron chi connectivity index (χ3n) is 8.81. The molecule has 0 unspecified atom stereocenters. The monoisotopic (exact) mass is 468 g/mol. The molecule has 0 aromatic rings. The number of hydrogen-bond donors (Lipinski definition) is 0. The molecule has 3 rings (SSSR count). The molecule has 0 saturated heterocycles. The van der Waals surface area contributed by atoms with Crippen molar-refractivity contribution in [2.24, 2.45) is 0 Å². The van der Waals surface area contributed by atoms with Crippen molar-refractivity contribution in [1.82, 2.24) is 0 Å². The molecule has 0 bridgehead atoms. The number of hydrogen-bond acceptors (Lipinski definition) is 0. The minimum atomic E-state index is -2.13. The van der Waals surface area contributed by atoms with E-state index in [-0.39, 0.29) is 0 Å². The molecule has 0 aromatic heterocycles. The average molecular weight is 467 g/mol. The maximum atomic E-state index is 2.37. The molecule has 0 radical (unpaired) electrons. The van der Waals surface area contributed by atoms with Crippen LogP contribution in [0.3, 0.4) is 0 Å². The second-order valence-corrected chi connectivity index (χ2v) is 25.0. The Labute approximate surface area is 169 Å². The van der Waals surface area contributed by atoms with Crippen LogP contribution in [-0.4, -0.2) is 18.4 Å². The molecule has 0 aliphatic heterocycles. The first-order chi connectivity index (χ1) is 12.9. The van der Waals surface area contributed by atoms with Gasteiger partial charge in [-0.15, -0.1) is 0 Å². The molecular formula is C25H48Sn. The molecule has 3 fully saturated rings. The average Bonchev–Trinajstić information content (AvgIpc) is 2.73. The van der Waals surface area contributed by atoms with E-state index in [0.29, 0.717) is 0 Å². The van der Waals surface area contributed by atoms with Crippen LogP contribution < -0.4 is 0 Å². The summed E-state index contributed by atoms with van der Waals surface area (Å²) in [6.45, 7) is 2.37. The van der Waals surface area contributed by atoms with Crippen LogP contribution >= 0.6 is 0 Å². The number of rotatable bonds is 9. The van der Waals surface area contributed by atoms with E-state index in [1.165, 1.54) is 31.1 Å². The van der Waals surface area contributed by atoms with Crippen LogP contribution in [0.25, 0.3) is 0 Å². The Hall–Kier alpha value is 0.799. The van der Waals surface area contributed by atoms with Gasteiger partial charge < -0.3 is 0 Å². The van der Waals surface area contributed by atoms with Crippen LogP contribution in [-0.2, 0) is 0 Å². The van der Waals surface area contributed by atoms with Crippen molar-refractivity contribution < 1.29 is 0 Å². The molecule has 3 aliphatic carbocycles. The summed E-state index contributed by atoms with van der Waals surface area (Å²) in [6, 6.07) is 0. The molecule has 0 heterocycles. The summed E-state index contributed by atoms with van der Waals surface area (Å²) in [4.78, 5) is 0. The van der Waals surface area contributed by atoms with Crippen molar-refractivity contribution in [1.29, 1.82) is 0 Å². The topological polar surface area (TPSA) is 0 Å². The second-order valence-electron chi connectivity index (χ2n) is 10.3. The Morgan fingerprint density at radius 2 is 0.885 bits per heavy atom. The van der Waals surface area contributed by atoms with Crippen molar-refractivity contribution in [3.05, 3.63) is 0 Å². The first-order valence-electron chi connectivity index (χ1n) is 12.9. The van der Waals surface area contributed by atoms with Crippen LogP contribution in [0.2, 0.25) is 16.2 Å². The fraction of sp³-hybridized carbons (Fsp3) is 1.00. The summed E-state index contributed by atoms with van der Waals surface area (Å²) in [7, 11) is 0. The maximum absolute atomic E-state index is 2.37. The van der Waals surface area contributed by atoms with E-state index in [0.717, 1.165) is 0 Å². The predicted molar refractivity (Wildman–Crippen MR) is 120 cm³/mol. The second kappa shape index (κ2) is 11.7. The molecule has 3 saturated carbocycles. The van der Waals surface area contributed by atoms with Crippen LogP contribution in [0.1, 0.15) is 135 Å². The van der Waals surface area contributed by atoms with Gasteiger partial charge in [0.2, 0.25) is 0 Å². The van der Waals surface area contributed by atoms with Crippen LogP contribution in [0.4, 0.5) is 0 Å². The third-order valence-corrected chi connectivity index (χ3v) is 30.2. The molecular weight excluding hydrogens is 419 g/mol. The Balaban J connectivity index is 1.78. The molecule has 1 heteroatoms. The molecule has 0 aromatic carbocycles. The van der Waals surface area contributed by atoms with E-state index in [4.69, 9.17) is 0 Å². The van der Waals surface area contributed by atoms with E-state index in [9.17, 15) is 0 Å². The SMILES string of the molecule is CCCCCC[CH2][Sn]([CH]1CCCCC1)([CH]1CCCCC1)[CH]1CCCCC1. The molecule has 0 spiro atoms. The predicted octanol–water partition coefficient (Wildman–Crippen LogP) is 9.41. The fourth-order valence-corrected chi connectivity index (χ4v) is 31.9. The van der Waals surface area contributed by atoms with Crippen molar-refractivity contribution in [3.8, 4) is 0 Å². The van der Waals surface area contributed by atoms with Gasteiger partial charge in [-0.2, -0.15) is 0 Å². The van der Waals surface area contributed by atoms with Gasteiger partial charge in [-0.25, -0.2) is 0 Å². The Kier molecular flexibility index (Phi) is 9.69. The van der Waals surface area contributed by atoms with E-state index < -0.39 is 18.4 Å². The molecule has 3 aliphatic rings. The molecule has 0 amide bonds. The summed E-state index contributed by atoms with van der Waals surface area (Å²) in [5, 5.41) is 0. The minimum absolute atomic E-state index is 1.30. The van der Waals surface area contributed by atoms with Crippen LogP contribution in [0.15, 0.2) is 0 Å². The summed E-state index contributed by atoms with van der Waals surface area (Å²) in [5.74, 6) is 0. The van der Waals surface area contributed by atoms with Crippen LogP contribution in [0, 0.1) is 0 Å². The standard InChI is InChI=1S/C7H15.3C6H11.Sn/c1-3-5-7-6-4-2;3*1-2-4-6-5-3-1;/h1,3-7H2,2H3;3*1H,2-6H2;. The van der Waals surface area contributed by atoms with Crippen molar-refractivity contribution >= 4 is 18.4 Å². The van der Waals surface area contributed by atoms with Gasteiger partial charge >= 0.3 is 170 Å². The first-order valence-corrected chi connectivity index (χ1v) is 19.8. The summed E-state index contributed by atoms with van der Waals surface area (Å²) in [6.07, 6.45) is 31.9. The quantitative estimate of drug-likeness (QED) is 0.234. The summed E-state index contributed by atoms with van der Waals surface area (Å²) >= 11 is -2.13. The first kappa shape index (κ1) is 21.5. The van der Waals surface area contributed by atoms with Gasteiger partial charge in [0.1, 0.15) is 0 Å². The van der Waals surface area contributed by atoms with Crippen molar-refractivity contribution in [2.45, 2.75) is 152 Å². The van der Waals surface area contributed by atoms with Crippen LogP contribution in [0.5, 0.6) is 0 Å². The molecule has 0 N–H and O–H groups in total. The van der Waals surface area contributed by atoms with Gasteiger partial charge in [0.25, 0.3) is 0 Å². The van der Waals surface area contributed by atoms with Gasteiger partial charge in [0, 0.05) is 0 Å².